The zero-order chi connectivity index (χ0) is 22.8. The van der Waals surface area contributed by atoms with Crippen molar-refractivity contribution in [3.05, 3.63) is 71.1 Å². The molecule has 166 valence electrons. The topological polar surface area (TPSA) is 114 Å². The van der Waals surface area contributed by atoms with Gasteiger partial charge in [0.15, 0.2) is 11.2 Å². The third-order valence-corrected chi connectivity index (χ3v) is 5.69. The number of rotatable bonds is 7. The van der Waals surface area contributed by atoms with Crippen LogP contribution in [0.15, 0.2) is 69.1 Å². The van der Waals surface area contributed by atoms with Crippen molar-refractivity contribution >= 4 is 22.9 Å². The van der Waals surface area contributed by atoms with E-state index >= 15 is 0 Å². The Morgan fingerprint density at radius 1 is 1.09 bits per heavy atom. The maximum Gasteiger partial charge on any atom is 0.284 e. The predicted octanol–water partition coefficient (Wildman–Crippen LogP) is 3.20. The molecule has 0 radical (unpaired) electrons. The highest BCUT2D eigenvalue weighted by atomic mass is 32.2. The SMILES string of the molecule is CCOc1ccc(-n2nnc3c(=O)n(Cc4nc(-c5ccc(SC)cc5)no4)cnc32)cc1. The van der Waals surface area contributed by atoms with E-state index in [2.05, 4.69) is 25.4 Å². The average Bonchev–Trinajstić information content (AvgIpc) is 3.49. The van der Waals surface area contributed by atoms with Gasteiger partial charge >= 0.3 is 0 Å². The second-order valence-corrected chi connectivity index (χ2v) is 7.90. The summed E-state index contributed by atoms with van der Waals surface area (Å²) in [5.74, 6) is 1.50. The Morgan fingerprint density at radius 2 is 1.88 bits per heavy atom. The Balaban J connectivity index is 1.40. The van der Waals surface area contributed by atoms with Crippen LogP contribution < -0.4 is 10.3 Å². The van der Waals surface area contributed by atoms with Gasteiger partial charge in [0.25, 0.3) is 5.56 Å². The highest BCUT2D eigenvalue weighted by Crippen LogP contribution is 2.21. The molecule has 0 N–H and O–H groups in total. The summed E-state index contributed by atoms with van der Waals surface area (Å²) in [6, 6.07) is 15.2. The number of hydrogen-bond donors (Lipinski definition) is 0. The van der Waals surface area contributed by atoms with Crippen LogP contribution in [-0.4, -0.2) is 47.5 Å². The number of ether oxygens (including phenoxy) is 1. The van der Waals surface area contributed by atoms with E-state index in [0.29, 0.717) is 24.0 Å². The smallest absolute Gasteiger partial charge is 0.284 e. The van der Waals surface area contributed by atoms with Crippen LogP contribution in [0.4, 0.5) is 0 Å². The van der Waals surface area contributed by atoms with Crippen molar-refractivity contribution in [2.75, 3.05) is 12.9 Å². The Bertz CT molecular complexity index is 1460. The molecule has 0 aliphatic carbocycles. The molecule has 0 spiro atoms. The molecule has 0 fully saturated rings. The van der Waals surface area contributed by atoms with Crippen molar-refractivity contribution in [3.8, 4) is 22.8 Å². The van der Waals surface area contributed by atoms with E-state index < -0.39 is 0 Å². The minimum Gasteiger partial charge on any atom is -0.494 e. The Morgan fingerprint density at radius 3 is 2.61 bits per heavy atom. The lowest BCUT2D eigenvalue weighted by molar-refractivity contribution is 0.340. The molecule has 0 atom stereocenters. The van der Waals surface area contributed by atoms with Gasteiger partial charge in [0, 0.05) is 10.5 Å². The summed E-state index contributed by atoms with van der Waals surface area (Å²) in [6.07, 6.45) is 3.44. The molecule has 5 aromatic rings. The fourth-order valence-corrected chi connectivity index (χ4v) is 3.71. The summed E-state index contributed by atoms with van der Waals surface area (Å²) >= 11 is 1.66. The second-order valence-electron chi connectivity index (χ2n) is 7.02. The van der Waals surface area contributed by atoms with Gasteiger partial charge in [-0.25, -0.2) is 4.98 Å². The maximum atomic E-state index is 13.0. The molecule has 0 bridgehead atoms. The van der Waals surface area contributed by atoms with Gasteiger partial charge in [-0.1, -0.05) is 10.4 Å². The van der Waals surface area contributed by atoms with Crippen LogP contribution in [0.25, 0.3) is 28.2 Å². The quantitative estimate of drug-likeness (QED) is 0.337. The zero-order valence-corrected chi connectivity index (χ0v) is 18.7. The molecule has 0 aliphatic rings. The highest BCUT2D eigenvalue weighted by molar-refractivity contribution is 7.98. The van der Waals surface area contributed by atoms with Gasteiger partial charge in [0.2, 0.25) is 11.7 Å². The highest BCUT2D eigenvalue weighted by Gasteiger charge is 2.16. The number of benzene rings is 2. The minimum atomic E-state index is -0.346. The third kappa shape index (κ3) is 4.10. The molecular weight excluding hydrogens is 442 g/mol. The monoisotopic (exact) mass is 461 g/mol. The molecule has 3 aromatic heterocycles. The average molecular weight is 462 g/mol. The molecule has 0 saturated heterocycles. The maximum absolute atomic E-state index is 13.0. The number of aromatic nitrogens is 7. The van der Waals surface area contributed by atoms with Gasteiger partial charge in [0.05, 0.1) is 12.3 Å². The van der Waals surface area contributed by atoms with Crippen molar-refractivity contribution in [1.29, 1.82) is 0 Å². The standard InChI is InChI=1S/C22H19N7O3S/c1-3-31-16-8-6-15(7-9-16)29-21-19(25-27-29)22(30)28(13-23-21)12-18-24-20(26-32-18)14-4-10-17(33-2)11-5-14/h4-11,13H,3,12H2,1-2H3. The van der Waals surface area contributed by atoms with Crippen LogP contribution in [-0.2, 0) is 6.54 Å². The summed E-state index contributed by atoms with van der Waals surface area (Å²) in [5.41, 5.74) is 1.72. The Labute approximate surface area is 192 Å². The van der Waals surface area contributed by atoms with Crippen molar-refractivity contribution in [1.82, 2.24) is 34.7 Å². The van der Waals surface area contributed by atoms with Gasteiger partial charge in [-0.3, -0.25) is 9.36 Å². The molecule has 0 amide bonds. The van der Waals surface area contributed by atoms with E-state index in [0.717, 1.165) is 21.9 Å². The summed E-state index contributed by atoms with van der Waals surface area (Å²) < 4.78 is 13.7. The predicted molar refractivity (Wildman–Crippen MR) is 123 cm³/mol. The fraction of sp³-hybridized carbons (Fsp3) is 0.182. The molecule has 10 nitrogen and oxygen atoms in total. The summed E-state index contributed by atoms with van der Waals surface area (Å²) in [4.78, 5) is 22.9. The Kier molecular flexibility index (Phi) is 5.61. The van der Waals surface area contributed by atoms with Crippen molar-refractivity contribution in [3.63, 3.8) is 0 Å². The molecule has 0 unspecified atom stereocenters. The van der Waals surface area contributed by atoms with E-state index in [1.54, 1.807) is 11.8 Å². The van der Waals surface area contributed by atoms with E-state index in [-0.39, 0.29) is 17.6 Å². The Hall–Kier alpha value is -3.99. The van der Waals surface area contributed by atoms with Gasteiger partial charge in [0.1, 0.15) is 18.6 Å². The van der Waals surface area contributed by atoms with Crippen LogP contribution >= 0.6 is 11.8 Å². The first-order valence-corrected chi connectivity index (χ1v) is 11.4. The summed E-state index contributed by atoms with van der Waals surface area (Å²) in [7, 11) is 0. The van der Waals surface area contributed by atoms with Crippen molar-refractivity contribution < 1.29 is 9.26 Å². The van der Waals surface area contributed by atoms with E-state index in [4.69, 9.17) is 9.26 Å². The lowest BCUT2D eigenvalue weighted by Crippen LogP contribution is -2.21. The largest absolute Gasteiger partial charge is 0.494 e. The molecular formula is C22H19N7O3S. The van der Waals surface area contributed by atoms with Crippen LogP contribution in [0.2, 0.25) is 0 Å². The minimum absolute atomic E-state index is 0.0770. The lowest BCUT2D eigenvalue weighted by Gasteiger charge is -2.05. The van der Waals surface area contributed by atoms with E-state index in [1.807, 2.05) is 61.7 Å². The number of nitrogens with zero attached hydrogens (tertiary/aromatic N) is 7. The molecule has 5 rings (SSSR count). The number of hydrogen-bond acceptors (Lipinski definition) is 9. The van der Waals surface area contributed by atoms with Crippen LogP contribution in [0.1, 0.15) is 12.8 Å². The molecule has 0 saturated carbocycles. The van der Waals surface area contributed by atoms with Crippen LogP contribution in [0.3, 0.4) is 0 Å². The first kappa shape index (κ1) is 20.9. The summed E-state index contributed by atoms with van der Waals surface area (Å²) in [5, 5.41) is 12.2. The summed E-state index contributed by atoms with van der Waals surface area (Å²) in [6.45, 7) is 2.58. The van der Waals surface area contributed by atoms with E-state index in [1.165, 1.54) is 15.6 Å². The van der Waals surface area contributed by atoms with Crippen LogP contribution in [0, 0.1) is 0 Å². The zero-order valence-electron chi connectivity index (χ0n) is 17.9. The van der Waals surface area contributed by atoms with Crippen molar-refractivity contribution in [2.24, 2.45) is 0 Å². The van der Waals surface area contributed by atoms with Gasteiger partial charge in [-0.05, 0) is 61.7 Å². The molecule has 0 aliphatic heterocycles. The molecule has 33 heavy (non-hydrogen) atoms. The first-order valence-electron chi connectivity index (χ1n) is 10.2. The molecule has 11 heteroatoms. The normalized spacial score (nSPS) is 11.2. The van der Waals surface area contributed by atoms with E-state index in [9.17, 15) is 4.79 Å². The second kappa shape index (κ2) is 8.87. The van der Waals surface area contributed by atoms with Crippen LogP contribution in [0.5, 0.6) is 5.75 Å². The number of fused-ring (bicyclic) bond motifs is 1. The number of thioether (sulfide) groups is 1. The fourth-order valence-electron chi connectivity index (χ4n) is 3.30. The van der Waals surface area contributed by atoms with Crippen molar-refractivity contribution in [2.45, 2.75) is 18.4 Å². The van der Waals surface area contributed by atoms with Gasteiger partial charge in [-0.15, -0.1) is 16.9 Å². The lowest BCUT2D eigenvalue weighted by atomic mass is 10.2. The van der Waals surface area contributed by atoms with Gasteiger partial charge in [-0.2, -0.15) is 9.67 Å². The third-order valence-electron chi connectivity index (χ3n) is 4.94. The molecule has 3 heterocycles. The van der Waals surface area contributed by atoms with Gasteiger partial charge < -0.3 is 9.26 Å². The first-order chi connectivity index (χ1) is 16.2. The molecule has 2 aromatic carbocycles.